The predicted molar refractivity (Wildman–Crippen MR) is 150 cm³/mol. The van der Waals surface area contributed by atoms with Crippen LogP contribution in [-0.4, -0.2) is 83.6 Å². The van der Waals surface area contributed by atoms with Gasteiger partial charge in [0.1, 0.15) is 24.0 Å². The lowest BCUT2D eigenvalue weighted by Gasteiger charge is -2.60. The SMILES string of the molecule is CC(=O)N1CC2(C1)CN(c1cc(O[C@H](C)CN(C)C)c3c(Nc4ccc5ncccc5c4F)ncnc3c1)C2. The van der Waals surface area contributed by atoms with Crippen LogP contribution < -0.4 is 15.0 Å². The highest BCUT2D eigenvalue weighted by Crippen LogP contribution is 2.44. The summed E-state index contributed by atoms with van der Waals surface area (Å²) in [6.45, 7) is 7.73. The van der Waals surface area contributed by atoms with Crippen molar-refractivity contribution in [1.29, 1.82) is 0 Å². The van der Waals surface area contributed by atoms with Crippen molar-refractivity contribution in [2.24, 2.45) is 5.41 Å². The molecule has 2 fully saturated rings. The van der Waals surface area contributed by atoms with Crippen molar-refractivity contribution in [3.05, 3.63) is 54.7 Å². The average Bonchev–Trinajstić information content (AvgIpc) is 2.83. The number of carbonyl (C=O) groups excluding carboxylic acids is 1. The molecule has 0 bridgehead atoms. The Morgan fingerprint density at radius 2 is 1.92 bits per heavy atom. The maximum atomic E-state index is 15.4. The third kappa shape index (κ3) is 4.69. The van der Waals surface area contributed by atoms with E-state index in [1.165, 1.54) is 6.33 Å². The van der Waals surface area contributed by atoms with Crippen LogP contribution in [0.3, 0.4) is 0 Å². The number of carbonyl (C=O) groups is 1. The molecule has 2 aromatic carbocycles. The zero-order chi connectivity index (χ0) is 27.3. The van der Waals surface area contributed by atoms with Gasteiger partial charge in [-0.1, -0.05) is 0 Å². The topological polar surface area (TPSA) is 86.7 Å². The maximum absolute atomic E-state index is 15.4. The van der Waals surface area contributed by atoms with Crippen LogP contribution in [0.5, 0.6) is 5.75 Å². The van der Waals surface area contributed by atoms with E-state index in [1.807, 2.05) is 38.1 Å². The van der Waals surface area contributed by atoms with Crippen LogP contribution in [0.2, 0.25) is 0 Å². The molecular formula is C29H32FN7O2. The molecular weight excluding hydrogens is 497 g/mol. The zero-order valence-corrected chi connectivity index (χ0v) is 22.6. The fraction of sp³-hybridized carbons (Fsp3) is 0.379. The highest BCUT2D eigenvalue weighted by Gasteiger charge is 2.52. The Balaban J connectivity index is 1.35. The van der Waals surface area contributed by atoms with Crippen LogP contribution in [0.1, 0.15) is 13.8 Å². The number of fused-ring (bicyclic) bond motifs is 2. The summed E-state index contributed by atoms with van der Waals surface area (Å²) in [5.41, 5.74) is 2.77. The van der Waals surface area contributed by atoms with Crippen molar-refractivity contribution in [2.75, 3.05) is 57.0 Å². The normalized spacial score (nSPS) is 16.9. The summed E-state index contributed by atoms with van der Waals surface area (Å²) < 4.78 is 21.9. The van der Waals surface area contributed by atoms with Crippen LogP contribution in [-0.2, 0) is 4.79 Å². The van der Waals surface area contributed by atoms with E-state index in [0.29, 0.717) is 39.1 Å². The number of nitrogens with zero attached hydrogens (tertiary/aromatic N) is 6. The second-order valence-corrected chi connectivity index (χ2v) is 11.1. The van der Waals surface area contributed by atoms with E-state index in [0.717, 1.165) is 38.4 Å². The Bertz CT molecular complexity index is 1560. The van der Waals surface area contributed by atoms with Crippen LogP contribution in [0, 0.1) is 11.2 Å². The number of hydrogen-bond donors (Lipinski definition) is 1. The summed E-state index contributed by atoms with van der Waals surface area (Å²) in [5.74, 6) is 0.851. The Morgan fingerprint density at radius 3 is 2.67 bits per heavy atom. The minimum Gasteiger partial charge on any atom is -0.488 e. The van der Waals surface area contributed by atoms with Gasteiger partial charge in [0.25, 0.3) is 0 Å². The number of halogens is 1. The van der Waals surface area contributed by atoms with E-state index in [4.69, 9.17) is 4.74 Å². The molecule has 1 atom stereocenters. The molecule has 202 valence electrons. The highest BCUT2D eigenvalue weighted by molar-refractivity contribution is 5.98. The molecule has 1 spiro atoms. The fourth-order valence-corrected chi connectivity index (χ4v) is 5.75. The Labute approximate surface area is 226 Å². The van der Waals surface area contributed by atoms with E-state index in [9.17, 15) is 4.79 Å². The molecule has 2 aromatic heterocycles. The molecule has 1 amide bonds. The molecule has 10 heteroatoms. The molecule has 0 saturated carbocycles. The second kappa shape index (κ2) is 9.60. The number of hydrogen-bond acceptors (Lipinski definition) is 8. The van der Waals surface area contributed by atoms with E-state index in [-0.39, 0.29) is 17.4 Å². The van der Waals surface area contributed by atoms with Crippen molar-refractivity contribution in [1.82, 2.24) is 24.8 Å². The van der Waals surface area contributed by atoms with Gasteiger partial charge in [0.15, 0.2) is 5.82 Å². The van der Waals surface area contributed by atoms with Gasteiger partial charge in [-0.15, -0.1) is 0 Å². The molecule has 2 aliphatic heterocycles. The number of nitrogens with one attached hydrogen (secondary N) is 1. The summed E-state index contributed by atoms with van der Waals surface area (Å²) in [6.07, 6.45) is 3.03. The second-order valence-electron chi connectivity index (χ2n) is 11.1. The number of anilines is 3. The summed E-state index contributed by atoms with van der Waals surface area (Å²) in [7, 11) is 4.01. The first-order valence-corrected chi connectivity index (χ1v) is 13.1. The van der Waals surface area contributed by atoms with Crippen molar-refractivity contribution in [3.63, 3.8) is 0 Å². The van der Waals surface area contributed by atoms with Crippen LogP contribution in [0.4, 0.5) is 21.6 Å². The van der Waals surface area contributed by atoms with Crippen molar-refractivity contribution >= 4 is 44.9 Å². The summed E-state index contributed by atoms with van der Waals surface area (Å²) in [4.78, 5) is 31.2. The first-order chi connectivity index (χ1) is 18.7. The molecule has 9 nitrogen and oxygen atoms in total. The Hall–Kier alpha value is -4.05. The molecule has 39 heavy (non-hydrogen) atoms. The van der Waals surface area contributed by atoms with Gasteiger partial charge in [0, 0.05) is 68.4 Å². The number of aromatic nitrogens is 3. The number of amides is 1. The van der Waals surface area contributed by atoms with Gasteiger partial charge in [-0.25, -0.2) is 14.4 Å². The van der Waals surface area contributed by atoms with Gasteiger partial charge < -0.3 is 24.8 Å². The van der Waals surface area contributed by atoms with Crippen molar-refractivity contribution < 1.29 is 13.9 Å². The number of likely N-dealkylation sites (tertiary alicyclic amines) is 1. The zero-order valence-electron chi connectivity index (χ0n) is 22.6. The molecule has 4 aromatic rings. The molecule has 2 saturated heterocycles. The van der Waals surface area contributed by atoms with E-state index in [2.05, 4.69) is 30.1 Å². The minimum atomic E-state index is -0.390. The average molecular weight is 530 g/mol. The van der Waals surface area contributed by atoms with Gasteiger partial charge >= 0.3 is 0 Å². The first kappa shape index (κ1) is 25.2. The number of rotatable bonds is 7. The lowest BCUT2D eigenvalue weighted by atomic mass is 9.72. The number of benzene rings is 2. The maximum Gasteiger partial charge on any atom is 0.219 e. The Kier molecular flexibility index (Phi) is 6.22. The van der Waals surface area contributed by atoms with Crippen LogP contribution >= 0.6 is 0 Å². The number of pyridine rings is 1. The van der Waals surface area contributed by atoms with Crippen molar-refractivity contribution in [2.45, 2.75) is 20.0 Å². The lowest BCUT2D eigenvalue weighted by Crippen LogP contribution is -2.72. The van der Waals surface area contributed by atoms with Gasteiger partial charge in [-0.05, 0) is 51.4 Å². The van der Waals surface area contributed by atoms with Crippen molar-refractivity contribution in [3.8, 4) is 5.75 Å². The van der Waals surface area contributed by atoms with Crippen LogP contribution in [0.15, 0.2) is 48.9 Å². The highest BCUT2D eigenvalue weighted by atomic mass is 19.1. The third-order valence-corrected chi connectivity index (χ3v) is 7.52. The summed E-state index contributed by atoms with van der Waals surface area (Å²) in [6, 6.07) is 10.9. The number of likely N-dealkylation sites (N-methyl/N-ethyl adjacent to an activating group) is 1. The number of ether oxygens (including phenoxy) is 1. The minimum absolute atomic E-state index is 0.103. The molecule has 0 aliphatic carbocycles. The fourth-order valence-electron chi connectivity index (χ4n) is 5.75. The standard InChI is InChI=1S/C29H32FN7O2/c1-18(12-35(3)4)39-25-11-20(37-15-29(16-37)13-36(14-29)19(2)38)10-24-26(25)28(33-17-32-24)34-23-8-7-22-21(27(23)30)6-5-9-31-22/h5-11,17-18H,12-16H2,1-4H3,(H,32,33,34)/t18-/m1/s1. The summed E-state index contributed by atoms with van der Waals surface area (Å²) in [5, 5.41) is 4.32. The van der Waals surface area contributed by atoms with Crippen LogP contribution in [0.25, 0.3) is 21.8 Å². The van der Waals surface area contributed by atoms with E-state index < -0.39 is 5.82 Å². The van der Waals surface area contributed by atoms with Gasteiger partial charge in [0.05, 0.1) is 22.1 Å². The van der Waals surface area contributed by atoms with Gasteiger partial charge in [-0.2, -0.15) is 0 Å². The molecule has 1 N–H and O–H groups in total. The molecule has 2 aliphatic rings. The molecule has 4 heterocycles. The van der Waals surface area contributed by atoms with E-state index in [1.54, 1.807) is 37.4 Å². The van der Waals surface area contributed by atoms with Gasteiger partial charge in [-0.3, -0.25) is 9.78 Å². The first-order valence-electron chi connectivity index (χ1n) is 13.1. The lowest BCUT2D eigenvalue weighted by molar-refractivity contribution is -0.142. The quantitative estimate of drug-likeness (QED) is 0.384. The Morgan fingerprint density at radius 1 is 1.13 bits per heavy atom. The smallest absolute Gasteiger partial charge is 0.219 e. The molecule has 6 rings (SSSR count). The van der Waals surface area contributed by atoms with E-state index >= 15 is 4.39 Å². The van der Waals surface area contributed by atoms with Gasteiger partial charge in [0.2, 0.25) is 5.91 Å². The third-order valence-electron chi connectivity index (χ3n) is 7.52. The molecule has 0 unspecified atom stereocenters. The predicted octanol–water partition coefficient (Wildman–Crippen LogP) is 4.06. The monoisotopic (exact) mass is 529 g/mol. The largest absolute Gasteiger partial charge is 0.488 e. The summed E-state index contributed by atoms with van der Waals surface area (Å²) >= 11 is 0. The molecule has 0 radical (unpaired) electrons.